The number of aliphatic hydroxyl groups is 1. The number of nitrogens with zero attached hydrogens (tertiary/aromatic N) is 1. The van der Waals surface area contributed by atoms with Crippen LogP contribution < -0.4 is 0 Å². The summed E-state index contributed by atoms with van der Waals surface area (Å²) in [6.07, 6.45) is 1.73. The molecule has 146 valence electrons. The molecule has 2 rings (SSSR count). The number of unbranched alkanes of at least 4 members (excludes halogenated alkanes) is 1. The highest BCUT2D eigenvalue weighted by atomic mass is 32.2. The molecule has 3 unspecified atom stereocenters. The minimum atomic E-state index is -3.03. The largest absolute Gasteiger partial charge is 0.388 e. The molecule has 1 amide bonds. The zero-order valence-electron chi connectivity index (χ0n) is 15.5. The van der Waals surface area contributed by atoms with E-state index in [1.807, 2.05) is 37.3 Å². The number of rotatable bonds is 9. The van der Waals surface area contributed by atoms with Gasteiger partial charge in [0, 0.05) is 18.3 Å². The van der Waals surface area contributed by atoms with Crippen LogP contribution in [-0.2, 0) is 14.6 Å². The van der Waals surface area contributed by atoms with Crippen LogP contribution in [0.3, 0.4) is 0 Å². The van der Waals surface area contributed by atoms with E-state index < -0.39 is 15.9 Å². The lowest BCUT2D eigenvalue weighted by Crippen LogP contribution is -2.45. The topological polar surface area (TPSA) is 74.7 Å². The van der Waals surface area contributed by atoms with E-state index in [0.29, 0.717) is 18.7 Å². The Morgan fingerprint density at radius 1 is 1.35 bits per heavy atom. The molecule has 0 aliphatic carbocycles. The third-order valence-electron chi connectivity index (χ3n) is 4.72. The first-order valence-electron chi connectivity index (χ1n) is 9.19. The lowest BCUT2D eigenvalue weighted by Gasteiger charge is -2.31. The van der Waals surface area contributed by atoms with Gasteiger partial charge in [-0.2, -0.15) is 0 Å². The number of thioether (sulfide) groups is 1. The molecule has 3 atom stereocenters. The van der Waals surface area contributed by atoms with Crippen molar-refractivity contribution in [2.75, 3.05) is 23.8 Å². The van der Waals surface area contributed by atoms with Crippen LogP contribution in [0.15, 0.2) is 30.3 Å². The third-order valence-corrected chi connectivity index (χ3v) is 7.68. The fraction of sp³-hybridized carbons (Fsp3) is 0.632. The highest BCUT2D eigenvalue weighted by molar-refractivity contribution is 8.00. The van der Waals surface area contributed by atoms with Gasteiger partial charge in [-0.15, -0.1) is 11.8 Å². The van der Waals surface area contributed by atoms with Gasteiger partial charge in [-0.25, -0.2) is 8.42 Å². The van der Waals surface area contributed by atoms with Crippen LogP contribution in [-0.4, -0.2) is 59.4 Å². The lowest BCUT2D eigenvalue weighted by atomic mass is 10.1. The molecular weight excluding hydrogens is 370 g/mol. The molecule has 0 bridgehead atoms. The van der Waals surface area contributed by atoms with E-state index in [2.05, 4.69) is 6.92 Å². The molecular formula is C19H29NO4S2. The summed E-state index contributed by atoms with van der Waals surface area (Å²) in [5.74, 6) is 0.654. The highest BCUT2D eigenvalue weighted by Gasteiger charge is 2.35. The molecule has 1 saturated heterocycles. The molecule has 1 aromatic rings. The van der Waals surface area contributed by atoms with Crippen molar-refractivity contribution in [3.05, 3.63) is 35.9 Å². The quantitative estimate of drug-likeness (QED) is 0.691. The molecule has 1 fully saturated rings. The highest BCUT2D eigenvalue weighted by Crippen LogP contribution is 2.25. The summed E-state index contributed by atoms with van der Waals surface area (Å²) in [5.41, 5.74) is 0.837. The van der Waals surface area contributed by atoms with Crippen LogP contribution in [0, 0.1) is 0 Å². The van der Waals surface area contributed by atoms with Crippen molar-refractivity contribution in [2.24, 2.45) is 0 Å². The normalized spacial score (nSPS) is 21.3. The standard InChI is InChI=1S/C19H29NO4S2/c1-3-4-11-20(17-10-12-26(23,24)14-17)19(22)15(2)25-13-18(21)16-8-6-5-7-9-16/h5-9,15,17-18,21H,3-4,10-14H2,1-2H3. The first kappa shape index (κ1) is 21.3. The number of carbonyl (C=O) groups is 1. The summed E-state index contributed by atoms with van der Waals surface area (Å²) < 4.78 is 23.6. The summed E-state index contributed by atoms with van der Waals surface area (Å²) in [4.78, 5) is 14.7. The Balaban J connectivity index is 1.95. The molecule has 7 heteroatoms. The van der Waals surface area contributed by atoms with Crippen molar-refractivity contribution in [1.82, 2.24) is 4.90 Å². The van der Waals surface area contributed by atoms with Gasteiger partial charge in [0.2, 0.25) is 5.91 Å². The molecule has 1 N–H and O–H groups in total. The van der Waals surface area contributed by atoms with Crippen LogP contribution in [0.4, 0.5) is 0 Å². The molecule has 0 aromatic heterocycles. The molecule has 1 aliphatic rings. The van der Waals surface area contributed by atoms with Crippen molar-refractivity contribution in [1.29, 1.82) is 0 Å². The second kappa shape index (κ2) is 9.76. The van der Waals surface area contributed by atoms with Gasteiger partial charge >= 0.3 is 0 Å². The van der Waals surface area contributed by atoms with Gasteiger partial charge in [0.1, 0.15) is 0 Å². The smallest absolute Gasteiger partial charge is 0.235 e. The van der Waals surface area contributed by atoms with Crippen molar-refractivity contribution < 1.29 is 18.3 Å². The monoisotopic (exact) mass is 399 g/mol. The maximum absolute atomic E-state index is 12.9. The Morgan fingerprint density at radius 3 is 2.62 bits per heavy atom. The number of hydrogen-bond acceptors (Lipinski definition) is 5. The van der Waals surface area contributed by atoms with E-state index in [9.17, 15) is 18.3 Å². The predicted molar refractivity (Wildman–Crippen MR) is 107 cm³/mol. The van der Waals surface area contributed by atoms with E-state index >= 15 is 0 Å². The van der Waals surface area contributed by atoms with Gasteiger partial charge in [0.25, 0.3) is 0 Å². The van der Waals surface area contributed by atoms with E-state index in [-0.39, 0.29) is 28.7 Å². The number of amides is 1. The Morgan fingerprint density at radius 2 is 2.04 bits per heavy atom. The summed E-state index contributed by atoms with van der Waals surface area (Å²) in [6, 6.07) is 9.19. The van der Waals surface area contributed by atoms with E-state index in [0.717, 1.165) is 18.4 Å². The number of hydrogen-bond donors (Lipinski definition) is 1. The lowest BCUT2D eigenvalue weighted by molar-refractivity contribution is -0.132. The van der Waals surface area contributed by atoms with Crippen molar-refractivity contribution in [3.63, 3.8) is 0 Å². The Bertz CT molecular complexity index is 678. The van der Waals surface area contributed by atoms with Crippen LogP contribution in [0.5, 0.6) is 0 Å². The van der Waals surface area contributed by atoms with Gasteiger partial charge in [-0.3, -0.25) is 4.79 Å². The van der Waals surface area contributed by atoms with Gasteiger partial charge in [0.05, 0.1) is 22.9 Å². The fourth-order valence-electron chi connectivity index (χ4n) is 3.13. The van der Waals surface area contributed by atoms with Gasteiger partial charge < -0.3 is 10.0 Å². The first-order chi connectivity index (χ1) is 12.3. The number of carbonyl (C=O) groups excluding carboxylic acids is 1. The molecule has 0 spiro atoms. The summed E-state index contributed by atoms with van der Waals surface area (Å²) in [5, 5.41) is 9.97. The van der Waals surface area contributed by atoms with Gasteiger partial charge in [-0.05, 0) is 25.3 Å². The van der Waals surface area contributed by atoms with E-state index in [4.69, 9.17) is 0 Å². The van der Waals surface area contributed by atoms with Crippen LogP contribution >= 0.6 is 11.8 Å². The van der Waals surface area contributed by atoms with Gasteiger partial charge in [-0.1, -0.05) is 43.7 Å². The Hall–Kier alpha value is -1.05. The van der Waals surface area contributed by atoms with Crippen molar-refractivity contribution in [3.8, 4) is 0 Å². The molecule has 26 heavy (non-hydrogen) atoms. The zero-order chi connectivity index (χ0) is 19.2. The maximum atomic E-state index is 12.9. The predicted octanol–water partition coefficient (Wildman–Crippen LogP) is 2.66. The molecule has 1 aliphatic heterocycles. The molecule has 0 saturated carbocycles. The average Bonchev–Trinajstić information content (AvgIpc) is 2.99. The minimum absolute atomic E-state index is 0.0224. The summed E-state index contributed by atoms with van der Waals surface area (Å²) in [7, 11) is -3.03. The van der Waals surface area contributed by atoms with Crippen LogP contribution in [0.1, 0.15) is 44.8 Å². The second-order valence-electron chi connectivity index (χ2n) is 6.84. The van der Waals surface area contributed by atoms with E-state index in [1.54, 1.807) is 4.90 Å². The Kier molecular flexibility index (Phi) is 7.98. The first-order valence-corrected chi connectivity index (χ1v) is 12.1. The number of sulfone groups is 1. The SMILES string of the molecule is CCCCN(C(=O)C(C)SCC(O)c1ccccc1)C1CCS(=O)(=O)C1. The van der Waals surface area contributed by atoms with Crippen molar-refractivity contribution >= 4 is 27.5 Å². The summed E-state index contributed by atoms with van der Waals surface area (Å²) in [6.45, 7) is 4.50. The average molecular weight is 400 g/mol. The molecule has 1 aromatic carbocycles. The van der Waals surface area contributed by atoms with E-state index in [1.165, 1.54) is 11.8 Å². The van der Waals surface area contributed by atoms with Gasteiger partial charge in [0.15, 0.2) is 9.84 Å². The Labute approximate surface area is 161 Å². The van der Waals surface area contributed by atoms with Crippen LogP contribution in [0.25, 0.3) is 0 Å². The summed E-state index contributed by atoms with van der Waals surface area (Å²) >= 11 is 1.42. The maximum Gasteiger partial charge on any atom is 0.235 e. The molecule has 5 nitrogen and oxygen atoms in total. The molecule has 0 radical (unpaired) electrons. The minimum Gasteiger partial charge on any atom is -0.388 e. The number of benzene rings is 1. The molecule has 1 heterocycles. The number of aliphatic hydroxyl groups excluding tert-OH is 1. The zero-order valence-corrected chi connectivity index (χ0v) is 17.1. The third kappa shape index (κ3) is 5.99. The fourth-order valence-corrected chi connectivity index (χ4v) is 5.81. The second-order valence-corrected chi connectivity index (χ2v) is 10.4. The van der Waals surface area contributed by atoms with Crippen LogP contribution in [0.2, 0.25) is 0 Å². The van der Waals surface area contributed by atoms with Crippen molar-refractivity contribution in [2.45, 2.75) is 50.5 Å².